The van der Waals surface area contributed by atoms with Crippen molar-refractivity contribution in [2.24, 2.45) is 5.41 Å². The van der Waals surface area contributed by atoms with Crippen molar-refractivity contribution >= 4 is 17.2 Å². The number of hydrogen-bond donors (Lipinski definition) is 2. The molecule has 1 amide bonds. The Balaban J connectivity index is 2.70. The van der Waals surface area contributed by atoms with Crippen molar-refractivity contribution < 1.29 is 9.90 Å². The van der Waals surface area contributed by atoms with E-state index in [1.54, 1.807) is 6.07 Å². The van der Waals surface area contributed by atoms with E-state index in [1.165, 1.54) is 11.3 Å². The summed E-state index contributed by atoms with van der Waals surface area (Å²) in [7, 11) is 0. The highest BCUT2D eigenvalue weighted by Crippen LogP contribution is 2.27. The molecule has 0 bridgehead atoms. The highest BCUT2D eigenvalue weighted by atomic mass is 32.1. The number of hydrogen-bond acceptors (Lipinski definition) is 3. The quantitative estimate of drug-likeness (QED) is 0.837. The van der Waals surface area contributed by atoms with E-state index in [0.29, 0.717) is 12.0 Å². The molecule has 0 aliphatic carbocycles. The van der Waals surface area contributed by atoms with Gasteiger partial charge in [0.25, 0.3) is 5.91 Å². The van der Waals surface area contributed by atoms with Gasteiger partial charge in [0, 0.05) is 17.3 Å². The summed E-state index contributed by atoms with van der Waals surface area (Å²) in [5, 5.41) is 13.6. The molecule has 3 nitrogen and oxygen atoms in total. The Morgan fingerprint density at radius 1 is 1.33 bits per heavy atom. The van der Waals surface area contributed by atoms with Gasteiger partial charge in [-0.25, -0.2) is 0 Å². The number of aliphatic hydroxyl groups is 1. The predicted octanol–water partition coefficient (Wildman–Crippen LogP) is 3.43. The zero-order valence-electron chi connectivity index (χ0n) is 13.5. The molecule has 0 fully saturated rings. The number of thiophene rings is 1. The summed E-state index contributed by atoms with van der Waals surface area (Å²) < 4.78 is 0. The normalized spacial score (nSPS) is 11.7. The van der Waals surface area contributed by atoms with Crippen molar-refractivity contribution in [3.05, 3.63) is 21.9 Å². The van der Waals surface area contributed by atoms with Gasteiger partial charge in [0.05, 0.1) is 17.0 Å². The molecule has 0 atom stereocenters. The second kappa shape index (κ2) is 7.11. The Kier molecular flexibility index (Phi) is 6.00. The fourth-order valence-electron chi connectivity index (χ4n) is 2.48. The van der Waals surface area contributed by atoms with Gasteiger partial charge in [-0.2, -0.15) is 0 Å². The molecule has 21 heavy (non-hydrogen) atoms. The van der Waals surface area contributed by atoms with Crippen LogP contribution in [-0.2, 0) is 0 Å². The summed E-state index contributed by atoms with van der Waals surface area (Å²) in [5.41, 5.74) is 0.557. The van der Waals surface area contributed by atoms with Crippen molar-refractivity contribution in [1.29, 1.82) is 0 Å². The topological polar surface area (TPSA) is 49.3 Å². The largest absolute Gasteiger partial charge is 0.395 e. The number of rotatable bonds is 4. The fraction of sp³-hybridized carbons (Fsp3) is 0.588. The van der Waals surface area contributed by atoms with Crippen molar-refractivity contribution in [2.75, 3.05) is 6.61 Å². The molecule has 0 saturated heterocycles. The molecule has 0 spiro atoms. The van der Waals surface area contributed by atoms with Crippen LogP contribution in [0.15, 0.2) is 11.4 Å². The number of carbonyl (C=O) groups excluding carboxylic acids is 1. The van der Waals surface area contributed by atoms with Crippen LogP contribution < -0.4 is 5.32 Å². The van der Waals surface area contributed by atoms with E-state index in [4.69, 9.17) is 5.11 Å². The van der Waals surface area contributed by atoms with Gasteiger partial charge < -0.3 is 10.4 Å². The molecule has 0 radical (unpaired) electrons. The second-order valence-corrected chi connectivity index (χ2v) is 7.96. The molecular weight excluding hydrogens is 282 g/mol. The van der Waals surface area contributed by atoms with E-state index in [9.17, 15) is 4.79 Å². The Morgan fingerprint density at radius 3 is 2.57 bits per heavy atom. The van der Waals surface area contributed by atoms with Gasteiger partial charge in [-0.05, 0) is 31.7 Å². The molecule has 1 heterocycles. The van der Waals surface area contributed by atoms with Crippen LogP contribution in [0.25, 0.3) is 0 Å². The van der Waals surface area contributed by atoms with Crippen LogP contribution in [0, 0.1) is 17.3 Å². The maximum absolute atomic E-state index is 12.3. The Hall–Kier alpha value is -1.31. The van der Waals surface area contributed by atoms with Gasteiger partial charge in [0.1, 0.15) is 0 Å². The lowest BCUT2D eigenvalue weighted by Gasteiger charge is -2.33. The Morgan fingerprint density at radius 2 is 2.00 bits per heavy atom. The summed E-state index contributed by atoms with van der Waals surface area (Å²) in [6, 6.07) is 1.80. The lowest BCUT2D eigenvalue weighted by atomic mass is 9.81. The number of amides is 1. The van der Waals surface area contributed by atoms with Crippen molar-refractivity contribution in [3.8, 4) is 11.8 Å². The number of nitrogens with one attached hydrogen (secondary N) is 1. The maximum atomic E-state index is 12.3. The highest BCUT2D eigenvalue weighted by molar-refractivity contribution is 7.10. The first-order chi connectivity index (χ1) is 9.63. The SMILES string of the molecule is CC(C)(C)CC(C)(C)NC(=O)c1csc(C#CCCO)c1. The number of carbonyl (C=O) groups is 1. The molecule has 0 saturated carbocycles. The zero-order valence-corrected chi connectivity index (χ0v) is 14.4. The van der Waals surface area contributed by atoms with E-state index in [-0.39, 0.29) is 23.5 Å². The van der Waals surface area contributed by atoms with Gasteiger partial charge >= 0.3 is 0 Å². The Bertz CT molecular complexity index is 541. The molecule has 1 aromatic rings. The molecule has 116 valence electrons. The monoisotopic (exact) mass is 307 g/mol. The van der Waals surface area contributed by atoms with Gasteiger partial charge in [-0.1, -0.05) is 32.6 Å². The first kappa shape index (κ1) is 17.7. The molecule has 4 heteroatoms. The van der Waals surface area contributed by atoms with E-state index in [0.717, 1.165) is 11.3 Å². The third kappa shape index (κ3) is 6.79. The van der Waals surface area contributed by atoms with E-state index in [2.05, 4.69) is 37.9 Å². The van der Waals surface area contributed by atoms with Crippen LogP contribution in [0.4, 0.5) is 0 Å². The van der Waals surface area contributed by atoms with Crippen LogP contribution in [-0.4, -0.2) is 23.2 Å². The van der Waals surface area contributed by atoms with E-state index < -0.39 is 0 Å². The van der Waals surface area contributed by atoms with Gasteiger partial charge in [0.2, 0.25) is 0 Å². The first-order valence-corrected chi connectivity index (χ1v) is 8.02. The van der Waals surface area contributed by atoms with Crippen LogP contribution in [0.1, 0.15) is 62.7 Å². The molecule has 0 aromatic carbocycles. The van der Waals surface area contributed by atoms with Gasteiger partial charge in [0.15, 0.2) is 0 Å². The lowest BCUT2D eigenvalue weighted by Crippen LogP contribution is -2.45. The minimum atomic E-state index is -0.250. The zero-order chi connectivity index (χ0) is 16.1. The third-order valence-electron chi connectivity index (χ3n) is 2.73. The second-order valence-electron chi connectivity index (χ2n) is 7.05. The van der Waals surface area contributed by atoms with E-state index >= 15 is 0 Å². The van der Waals surface area contributed by atoms with Crippen LogP contribution in [0.2, 0.25) is 0 Å². The molecule has 1 rings (SSSR count). The smallest absolute Gasteiger partial charge is 0.252 e. The fourth-order valence-corrected chi connectivity index (χ4v) is 3.23. The standard InChI is InChI=1S/C17H25NO2S/c1-16(2,3)12-17(4,5)18-15(20)13-10-14(21-11-13)8-6-7-9-19/h10-11,19H,7,9,12H2,1-5H3,(H,18,20). The molecule has 0 aliphatic heterocycles. The summed E-state index contributed by atoms with van der Waals surface area (Å²) >= 11 is 1.45. The predicted molar refractivity (Wildman–Crippen MR) is 88.5 cm³/mol. The summed E-state index contributed by atoms with van der Waals surface area (Å²) in [4.78, 5) is 13.1. The molecular formula is C17H25NO2S. The molecule has 2 N–H and O–H groups in total. The summed E-state index contributed by atoms with van der Waals surface area (Å²) in [6.45, 7) is 10.7. The van der Waals surface area contributed by atoms with Crippen LogP contribution >= 0.6 is 11.3 Å². The molecule has 0 unspecified atom stereocenters. The molecule has 1 aromatic heterocycles. The lowest BCUT2D eigenvalue weighted by molar-refractivity contribution is 0.0892. The third-order valence-corrected chi connectivity index (χ3v) is 3.58. The minimum Gasteiger partial charge on any atom is -0.395 e. The van der Waals surface area contributed by atoms with Crippen molar-refractivity contribution in [1.82, 2.24) is 5.32 Å². The van der Waals surface area contributed by atoms with Crippen LogP contribution in [0.5, 0.6) is 0 Å². The average Bonchev–Trinajstić information content (AvgIpc) is 2.74. The first-order valence-electron chi connectivity index (χ1n) is 7.14. The van der Waals surface area contributed by atoms with Gasteiger partial charge in [-0.3, -0.25) is 4.79 Å². The highest BCUT2D eigenvalue weighted by Gasteiger charge is 2.27. The summed E-state index contributed by atoms with van der Waals surface area (Å²) in [6.07, 6.45) is 1.36. The van der Waals surface area contributed by atoms with Crippen molar-refractivity contribution in [2.45, 2.75) is 53.0 Å². The van der Waals surface area contributed by atoms with Crippen molar-refractivity contribution in [3.63, 3.8) is 0 Å². The van der Waals surface area contributed by atoms with Crippen LogP contribution in [0.3, 0.4) is 0 Å². The Labute approximate surface area is 131 Å². The van der Waals surface area contributed by atoms with Gasteiger partial charge in [-0.15, -0.1) is 11.3 Å². The molecule has 0 aliphatic rings. The minimum absolute atomic E-state index is 0.0595. The average molecular weight is 307 g/mol. The maximum Gasteiger partial charge on any atom is 0.252 e. The number of aliphatic hydroxyl groups excluding tert-OH is 1. The summed E-state index contributed by atoms with van der Waals surface area (Å²) in [5.74, 6) is 5.75. The van der Waals surface area contributed by atoms with E-state index in [1.807, 2.05) is 19.2 Å².